The van der Waals surface area contributed by atoms with Crippen molar-refractivity contribution in [3.63, 3.8) is 0 Å². The highest BCUT2D eigenvalue weighted by Gasteiger charge is 2.18. The van der Waals surface area contributed by atoms with Crippen molar-refractivity contribution >= 4 is 0 Å². The minimum Gasteiger partial charge on any atom is -0.454 e. The molecule has 3 rings (SSSR count). The maximum absolute atomic E-state index is 10.3. The maximum atomic E-state index is 10.3. The average molecular weight is 290 g/mol. The largest absolute Gasteiger partial charge is 0.454 e. The molecule has 0 aliphatic carbocycles. The fraction of sp³-hybridized carbons (Fsp3) is 0.400. The summed E-state index contributed by atoms with van der Waals surface area (Å²) < 4.78 is 15.6. The molecule has 2 aromatic rings. The first-order chi connectivity index (χ1) is 10.1. The highest BCUT2D eigenvalue weighted by atomic mass is 16.7. The minimum atomic E-state index is -0.600. The van der Waals surface area contributed by atoms with E-state index in [0.29, 0.717) is 18.8 Å². The van der Waals surface area contributed by atoms with Crippen LogP contribution in [-0.4, -0.2) is 35.5 Å². The maximum Gasteiger partial charge on any atom is 0.231 e. The van der Waals surface area contributed by atoms with Crippen LogP contribution in [0, 0.1) is 6.92 Å². The Balaban J connectivity index is 1.61. The smallest absolute Gasteiger partial charge is 0.231 e. The summed E-state index contributed by atoms with van der Waals surface area (Å²) in [6, 6.07) is 7.39. The van der Waals surface area contributed by atoms with Crippen molar-refractivity contribution in [3.05, 3.63) is 41.3 Å². The molecule has 1 aromatic carbocycles. The van der Waals surface area contributed by atoms with Crippen LogP contribution < -0.4 is 9.47 Å². The van der Waals surface area contributed by atoms with E-state index in [-0.39, 0.29) is 6.79 Å². The van der Waals surface area contributed by atoms with Crippen molar-refractivity contribution < 1.29 is 19.1 Å². The molecule has 0 spiro atoms. The van der Waals surface area contributed by atoms with E-state index >= 15 is 0 Å². The van der Waals surface area contributed by atoms with Crippen molar-refractivity contribution in [1.82, 2.24) is 10.1 Å². The highest BCUT2D eigenvalue weighted by molar-refractivity contribution is 5.45. The predicted octanol–water partition coefficient (Wildman–Crippen LogP) is 1.88. The van der Waals surface area contributed by atoms with Crippen LogP contribution in [0.15, 0.2) is 28.8 Å². The van der Waals surface area contributed by atoms with Gasteiger partial charge < -0.3 is 19.1 Å². The lowest BCUT2D eigenvalue weighted by Gasteiger charge is -2.19. The van der Waals surface area contributed by atoms with Gasteiger partial charge in [-0.2, -0.15) is 0 Å². The molecule has 1 atom stereocenters. The van der Waals surface area contributed by atoms with Gasteiger partial charge in [-0.3, -0.25) is 4.90 Å². The third-order valence-electron chi connectivity index (χ3n) is 3.37. The Morgan fingerprint density at radius 3 is 2.86 bits per heavy atom. The van der Waals surface area contributed by atoms with E-state index in [0.717, 1.165) is 22.8 Å². The van der Waals surface area contributed by atoms with Crippen molar-refractivity contribution in [2.45, 2.75) is 19.6 Å². The molecule has 1 aliphatic heterocycles. The number of benzene rings is 1. The summed E-state index contributed by atoms with van der Waals surface area (Å²) in [6.07, 6.45) is -0.600. The number of aromatic nitrogens is 1. The second-order valence-electron chi connectivity index (χ2n) is 5.25. The Kier molecular flexibility index (Phi) is 3.81. The third-order valence-corrected chi connectivity index (χ3v) is 3.37. The van der Waals surface area contributed by atoms with Gasteiger partial charge >= 0.3 is 0 Å². The van der Waals surface area contributed by atoms with Crippen LogP contribution in [0.2, 0.25) is 0 Å². The molecule has 0 bridgehead atoms. The number of ether oxygens (including phenoxy) is 2. The van der Waals surface area contributed by atoms with Crippen molar-refractivity contribution in [2.24, 2.45) is 0 Å². The number of fused-ring (bicyclic) bond motifs is 1. The topological polar surface area (TPSA) is 68.0 Å². The van der Waals surface area contributed by atoms with Gasteiger partial charge in [0.1, 0.15) is 5.76 Å². The van der Waals surface area contributed by atoms with Crippen LogP contribution in [0.3, 0.4) is 0 Å². The van der Waals surface area contributed by atoms with E-state index in [1.807, 2.05) is 43.1 Å². The first kappa shape index (κ1) is 13.9. The summed E-state index contributed by atoms with van der Waals surface area (Å²) in [5.74, 6) is 2.19. The fourth-order valence-corrected chi connectivity index (χ4v) is 2.35. The molecule has 0 radical (unpaired) electrons. The molecule has 0 saturated heterocycles. The molecule has 2 heterocycles. The van der Waals surface area contributed by atoms with Crippen LogP contribution in [0.25, 0.3) is 0 Å². The van der Waals surface area contributed by atoms with Gasteiger partial charge in [-0.15, -0.1) is 0 Å². The molecule has 1 N–H and O–H groups in total. The summed E-state index contributed by atoms with van der Waals surface area (Å²) in [6.45, 7) is 3.21. The molecule has 0 amide bonds. The van der Waals surface area contributed by atoms with E-state index in [2.05, 4.69) is 5.16 Å². The van der Waals surface area contributed by atoms with Crippen molar-refractivity contribution in [1.29, 1.82) is 0 Å². The third kappa shape index (κ3) is 3.17. The van der Waals surface area contributed by atoms with Crippen LogP contribution in [0.1, 0.15) is 23.1 Å². The molecular weight excluding hydrogens is 272 g/mol. The van der Waals surface area contributed by atoms with E-state index in [9.17, 15) is 5.11 Å². The molecule has 0 unspecified atom stereocenters. The lowest BCUT2D eigenvalue weighted by Crippen LogP contribution is -2.24. The van der Waals surface area contributed by atoms with E-state index in [1.165, 1.54) is 0 Å². The minimum absolute atomic E-state index is 0.236. The quantitative estimate of drug-likeness (QED) is 0.907. The molecule has 0 saturated carbocycles. The predicted molar refractivity (Wildman–Crippen MR) is 75.1 cm³/mol. The monoisotopic (exact) mass is 290 g/mol. The first-order valence-corrected chi connectivity index (χ1v) is 6.80. The zero-order chi connectivity index (χ0) is 14.8. The summed E-state index contributed by atoms with van der Waals surface area (Å²) >= 11 is 0. The number of nitrogens with zero attached hydrogens (tertiary/aromatic N) is 2. The Bertz CT molecular complexity index is 626. The molecule has 6 nitrogen and oxygen atoms in total. The summed E-state index contributed by atoms with van der Waals surface area (Å²) in [5, 5.41) is 14.3. The van der Waals surface area contributed by atoms with Gasteiger partial charge in [0.25, 0.3) is 0 Å². The van der Waals surface area contributed by atoms with E-state index < -0.39 is 6.10 Å². The highest BCUT2D eigenvalue weighted by Crippen LogP contribution is 2.34. The number of hydrogen-bond acceptors (Lipinski definition) is 6. The summed E-state index contributed by atoms with van der Waals surface area (Å²) in [4.78, 5) is 1.99. The molecule has 21 heavy (non-hydrogen) atoms. The Morgan fingerprint density at radius 1 is 1.29 bits per heavy atom. The fourth-order valence-electron chi connectivity index (χ4n) is 2.35. The van der Waals surface area contributed by atoms with Gasteiger partial charge in [-0.1, -0.05) is 11.2 Å². The zero-order valence-corrected chi connectivity index (χ0v) is 12.1. The van der Waals surface area contributed by atoms with Gasteiger partial charge in [0, 0.05) is 19.2 Å². The van der Waals surface area contributed by atoms with E-state index in [4.69, 9.17) is 14.0 Å². The summed E-state index contributed by atoms with van der Waals surface area (Å²) in [5.41, 5.74) is 1.66. The normalized spacial score (nSPS) is 14.7. The first-order valence-electron chi connectivity index (χ1n) is 6.80. The van der Waals surface area contributed by atoms with Crippen LogP contribution in [0.5, 0.6) is 11.5 Å². The number of hydrogen-bond donors (Lipinski definition) is 1. The Hall–Kier alpha value is -2.05. The van der Waals surface area contributed by atoms with Crippen molar-refractivity contribution in [2.75, 3.05) is 20.4 Å². The summed E-state index contributed by atoms with van der Waals surface area (Å²) in [7, 11) is 1.93. The molecule has 1 aliphatic rings. The van der Waals surface area contributed by atoms with Gasteiger partial charge in [0.05, 0.1) is 11.8 Å². The molecular formula is C15H18N2O4. The van der Waals surface area contributed by atoms with Gasteiger partial charge in [-0.05, 0) is 31.7 Å². The molecule has 112 valence electrons. The Labute approximate surface area is 122 Å². The molecule has 6 heteroatoms. The number of aliphatic hydroxyl groups excluding tert-OH is 1. The van der Waals surface area contributed by atoms with Crippen molar-refractivity contribution in [3.8, 4) is 11.5 Å². The second-order valence-corrected chi connectivity index (χ2v) is 5.25. The SMILES string of the molecule is Cc1cc(CN(C)C[C@H](O)c2ccc3c(c2)OCO3)no1. The van der Waals surface area contributed by atoms with Gasteiger partial charge in [0.15, 0.2) is 11.5 Å². The molecule has 1 aromatic heterocycles. The molecule has 0 fully saturated rings. The standard InChI is InChI=1S/C15H18N2O4/c1-10-5-12(16-21-10)7-17(2)8-13(18)11-3-4-14-15(6-11)20-9-19-14/h3-6,13,18H,7-9H2,1-2H3/t13-/m0/s1. The van der Waals surface area contributed by atoms with Crippen LogP contribution >= 0.6 is 0 Å². The van der Waals surface area contributed by atoms with Crippen LogP contribution in [0.4, 0.5) is 0 Å². The lowest BCUT2D eigenvalue weighted by atomic mass is 10.1. The average Bonchev–Trinajstić information content (AvgIpc) is 3.06. The van der Waals surface area contributed by atoms with Gasteiger partial charge in [-0.25, -0.2) is 0 Å². The number of aryl methyl sites for hydroxylation is 1. The number of rotatable bonds is 5. The second kappa shape index (κ2) is 5.75. The zero-order valence-electron chi connectivity index (χ0n) is 12.1. The number of aliphatic hydroxyl groups is 1. The lowest BCUT2D eigenvalue weighted by molar-refractivity contribution is 0.122. The number of likely N-dealkylation sites (N-methyl/N-ethyl adjacent to an activating group) is 1. The van der Waals surface area contributed by atoms with Gasteiger partial charge in [0.2, 0.25) is 6.79 Å². The Morgan fingerprint density at radius 2 is 2.10 bits per heavy atom. The van der Waals surface area contributed by atoms with Crippen LogP contribution in [-0.2, 0) is 6.54 Å². The van der Waals surface area contributed by atoms with E-state index in [1.54, 1.807) is 0 Å².